The van der Waals surface area contributed by atoms with Crippen LogP contribution < -0.4 is 5.32 Å². The van der Waals surface area contributed by atoms with E-state index in [1.807, 2.05) is 0 Å². The highest BCUT2D eigenvalue weighted by molar-refractivity contribution is 6.30. The zero-order valence-corrected chi connectivity index (χ0v) is 16.5. The van der Waals surface area contributed by atoms with E-state index < -0.39 is 29.3 Å². The largest absolute Gasteiger partial charge is 0.465 e. The number of rotatable bonds is 4. The maximum Gasteiger partial charge on any atom is 0.434 e. The third-order valence-electron chi connectivity index (χ3n) is 4.26. The number of nitrogens with zero attached hydrogens (tertiary/aromatic N) is 2. The number of methoxy groups -OCH3 is 1. The molecule has 156 valence electrons. The second-order valence-electron chi connectivity index (χ2n) is 6.27. The topological polar surface area (TPSA) is 73.2 Å². The van der Waals surface area contributed by atoms with Crippen molar-refractivity contribution in [2.75, 3.05) is 12.4 Å². The number of nitrogens with one attached hydrogen (secondary N) is 1. The summed E-state index contributed by atoms with van der Waals surface area (Å²) < 4.78 is 46.6. The van der Waals surface area contributed by atoms with Crippen LogP contribution in [0.25, 0.3) is 5.69 Å². The number of amides is 1. The number of carbonyl (C=O) groups is 2. The minimum atomic E-state index is -4.86. The Morgan fingerprint density at radius 3 is 2.40 bits per heavy atom. The molecule has 0 atom stereocenters. The van der Waals surface area contributed by atoms with Gasteiger partial charge in [0.1, 0.15) is 0 Å². The summed E-state index contributed by atoms with van der Waals surface area (Å²) in [6.45, 7) is 1.64. The van der Waals surface area contributed by atoms with E-state index in [-0.39, 0.29) is 16.9 Å². The van der Waals surface area contributed by atoms with Gasteiger partial charge in [-0.25, -0.2) is 9.48 Å². The van der Waals surface area contributed by atoms with Crippen molar-refractivity contribution in [1.82, 2.24) is 9.78 Å². The molecular formula is C20H15ClF3N3O3. The minimum Gasteiger partial charge on any atom is -0.465 e. The number of benzene rings is 2. The molecule has 3 aromatic rings. The number of esters is 1. The second kappa shape index (κ2) is 8.19. The van der Waals surface area contributed by atoms with Crippen LogP contribution in [0.1, 0.15) is 32.0 Å². The van der Waals surface area contributed by atoms with Gasteiger partial charge in [0.05, 0.1) is 30.1 Å². The Kier molecular flexibility index (Phi) is 5.84. The van der Waals surface area contributed by atoms with E-state index in [0.29, 0.717) is 15.3 Å². The number of halogens is 4. The first-order chi connectivity index (χ1) is 14.1. The number of ether oxygens (including phenoxy) is 1. The number of anilines is 1. The smallest absolute Gasteiger partial charge is 0.434 e. The van der Waals surface area contributed by atoms with E-state index in [2.05, 4.69) is 15.2 Å². The summed E-state index contributed by atoms with van der Waals surface area (Å²) in [5.74, 6) is -1.66. The third-order valence-corrected chi connectivity index (χ3v) is 4.51. The maximum atomic E-state index is 13.8. The van der Waals surface area contributed by atoms with Crippen LogP contribution in [0.4, 0.5) is 18.9 Å². The second-order valence-corrected chi connectivity index (χ2v) is 6.70. The highest BCUT2D eigenvalue weighted by atomic mass is 35.5. The number of aromatic nitrogens is 2. The van der Waals surface area contributed by atoms with Crippen molar-refractivity contribution in [3.05, 3.63) is 76.1 Å². The molecule has 30 heavy (non-hydrogen) atoms. The third kappa shape index (κ3) is 4.30. The molecule has 2 aromatic carbocycles. The SMILES string of the molecule is COC(=O)c1ccc(C)c(NC(=O)c2cnn(-c3ccc(Cl)cc3)c2C(F)(F)F)c1. The fourth-order valence-corrected chi connectivity index (χ4v) is 2.88. The van der Waals surface area contributed by atoms with Crippen molar-refractivity contribution in [3.63, 3.8) is 0 Å². The Bertz CT molecular complexity index is 1110. The van der Waals surface area contributed by atoms with Crippen LogP contribution in [0.3, 0.4) is 0 Å². The molecule has 1 heterocycles. The summed E-state index contributed by atoms with van der Waals surface area (Å²) >= 11 is 5.79. The van der Waals surface area contributed by atoms with Gasteiger partial charge in [0.25, 0.3) is 5.91 Å². The summed E-state index contributed by atoms with van der Waals surface area (Å²) in [7, 11) is 1.20. The molecule has 0 saturated heterocycles. The van der Waals surface area contributed by atoms with Crippen LogP contribution in [-0.2, 0) is 10.9 Å². The molecule has 0 saturated carbocycles. The Morgan fingerprint density at radius 1 is 1.13 bits per heavy atom. The molecule has 0 unspecified atom stereocenters. The van der Waals surface area contributed by atoms with Crippen LogP contribution >= 0.6 is 11.6 Å². The standard InChI is InChI=1S/C20H15ClF3N3O3/c1-11-3-4-12(19(29)30-2)9-16(11)26-18(28)15-10-25-27(17(15)20(22,23)24)14-7-5-13(21)6-8-14/h3-10H,1-2H3,(H,26,28). The average molecular weight is 438 g/mol. The molecule has 0 aliphatic carbocycles. The number of carbonyl (C=O) groups excluding carboxylic acids is 2. The molecular weight excluding hydrogens is 423 g/mol. The van der Waals surface area contributed by atoms with Crippen molar-refractivity contribution in [2.45, 2.75) is 13.1 Å². The van der Waals surface area contributed by atoms with E-state index in [9.17, 15) is 22.8 Å². The molecule has 6 nitrogen and oxygen atoms in total. The lowest BCUT2D eigenvalue weighted by Crippen LogP contribution is -2.21. The average Bonchev–Trinajstić information content (AvgIpc) is 3.15. The van der Waals surface area contributed by atoms with E-state index in [1.165, 1.54) is 43.5 Å². The summed E-state index contributed by atoms with van der Waals surface area (Å²) in [6, 6.07) is 9.91. The van der Waals surface area contributed by atoms with Gasteiger partial charge in [-0.1, -0.05) is 17.7 Å². The summed E-state index contributed by atoms with van der Waals surface area (Å²) in [5, 5.41) is 6.50. The molecule has 0 aliphatic rings. The number of hydrogen-bond donors (Lipinski definition) is 1. The van der Waals surface area contributed by atoms with Gasteiger partial charge in [0.2, 0.25) is 0 Å². The number of hydrogen-bond acceptors (Lipinski definition) is 4. The van der Waals surface area contributed by atoms with E-state index >= 15 is 0 Å². The van der Waals surface area contributed by atoms with Crippen molar-refractivity contribution in [2.24, 2.45) is 0 Å². The van der Waals surface area contributed by atoms with Crippen LogP contribution in [0.15, 0.2) is 48.7 Å². The molecule has 0 spiro atoms. The Morgan fingerprint density at radius 2 is 1.80 bits per heavy atom. The molecule has 0 fully saturated rings. The zero-order valence-electron chi connectivity index (χ0n) is 15.7. The minimum absolute atomic E-state index is 0.0923. The lowest BCUT2D eigenvalue weighted by molar-refractivity contribution is -0.143. The first-order valence-electron chi connectivity index (χ1n) is 8.53. The highest BCUT2D eigenvalue weighted by Crippen LogP contribution is 2.34. The lowest BCUT2D eigenvalue weighted by Gasteiger charge is -2.14. The van der Waals surface area contributed by atoms with Gasteiger partial charge in [-0.2, -0.15) is 18.3 Å². The lowest BCUT2D eigenvalue weighted by atomic mass is 10.1. The van der Waals surface area contributed by atoms with Crippen molar-refractivity contribution in [1.29, 1.82) is 0 Å². The van der Waals surface area contributed by atoms with Gasteiger partial charge >= 0.3 is 12.1 Å². The number of alkyl halides is 3. The van der Waals surface area contributed by atoms with E-state index in [0.717, 1.165) is 6.20 Å². The Labute approximate surface area is 174 Å². The van der Waals surface area contributed by atoms with Crippen LogP contribution in [0.5, 0.6) is 0 Å². The first kappa shape index (κ1) is 21.4. The molecule has 0 radical (unpaired) electrons. The fourth-order valence-electron chi connectivity index (χ4n) is 2.76. The van der Waals surface area contributed by atoms with Crippen LogP contribution in [-0.4, -0.2) is 28.8 Å². The Hall–Kier alpha value is -3.33. The van der Waals surface area contributed by atoms with E-state index in [1.54, 1.807) is 13.0 Å². The van der Waals surface area contributed by atoms with Gasteiger partial charge in [-0.05, 0) is 48.9 Å². The van der Waals surface area contributed by atoms with Gasteiger partial charge in [0.15, 0.2) is 5.69 Å². The summed E-state index contributed by atoms with van der Waals surface area (Å²) in [6.07, 6.45) is -4.02. The maximum absolute atomic E-state index is 13.8. The molecule has 3 rings (SSSR count). The van der Waals surface area contributed by atoms with E-state index in [4.69, 9.17) is 11.6 Å². The van der Waals surface area contributed by atoms with Gasteiger partial charge in [0, 0.05) is 10.7 Å². The zero-order chi connectivity index (χ0) is 22.1. The van der Waals surface area contributed by atoms with Crippen molar-refractivity contribution < 1.29 is 27.5 Å². The van der Waals surface area contributed by atoms with Crippen molar-refractivity contribution in [3.8, 4) is 5.69 Å². The van der Waals surface area contributed by atoms with Gasteiger partial charge < -0.3 is 10.1 Å². The molecule has 1 amide bonds. The monoisotopic (exact) mass is 437 g/mol. The summed E-state index contributed by atoms with van der Waals surface area (Å²) in [4.78, 5) is 24.4. The van der Waals surface area contributed by atoms with Gasteiger partial charge in [-0.15, -0.1) is 0 Å². The molecule has 10 heteroatoms. The summed E-state index contributed by atoms with van der Waals surface area (Å²) in [5.41, 5.74) is -0.935. The van der Waals surface area contributed by atoms with Crippen LogP contribution in [0, 0.1) is 6.92 Å². The fraction of sp³-hybridized carbons (Fsp3) is 0.150. The quantitative estimate of drug-likeness (QED) is 0.590. The molecule has 0 bridgehead atoms. The Balaban J connectivity index is 2.01. The van der Waals surface area contributed by atoms with Gasteiger partial charge in [-0.3, -0.25) is 4.79 Å². The molecule has 1 aromatic heterocycles. The highest BCUT2D eigenvalue weighted by Gasteiger charge is 2.40. The van der Waals surface area contributed by atoms with Crippen LogP contribution in [0.2, 0.25) is 5.02 Å². The number of aryl methyl sites for hydroxylation is 1. The molecule has 1 N–H and O–H groups in total. The molecule has 0 aliphatic heterocycles. The predicted octanol–water partition coefficient (Wildman–Crippen LogP) is 4.89. The normalized spacial score (nSPS) is 11.3. The van der Waals surface area contributed by atoms with Crippen molar-refractivity contribution >= 4 is 29.2 Å². The predicted molar refractivity (Wildman–Crippen MR) is 104 cm³/mol. The first-order valence-corrected chi connectivity index (χ1v) is 8.91.